The number of carbonyl (C=O) groups excluding carboxylic acids is 1. The number of aliphatic hydroxyl groups excluding tert-OH is 1. The molecular weight excluding hydrogens is 297 g/mol. The molecule has 1 fully saturated rings. The standard InChI is InChI=1S/C18H26FNO3/c1-18(2,3)23-17(22)20-11-5-4-6-15(20)12-16(21)13-7-9-14(19)10-8-13/h7-10,15-16,21H,4-6,11-12H2,1-3H3/t15-,16+/m1/s1. The Hall–Kier alpha value is -1.62. The molecule has 1 aromatic carbocycles. The van der Waals surface area contributed by atoms with Gasteiger partial charge in [-0.2, -0.15) is 0 Å². The summed E-state index contributed by atoms with van der Waals surface area (Å²) in [5.74, 6) is -0.325. The molecule has 23 heavy (non-hydrogen) atoms. The first-order chi connectivity index (χ1) is 10.8. The molecule has 0 unspecified atom stereocenters. The summed E-state index contributed by atoms with van der Waals surface area (Å²) in [5.41, 5.74) is 0.135. The molecule has 0 bridgehead atoms. The molecule has 1 amide bonds. The van der Waals surface area contributed by atoms with Crippen molar-refractivity contribution in [1.29, 1.82) is 0 Å². The molecule has 0 saturated carbocycles. The van der Waals surface area contributed by atoms with Crippen molar-refractivity contribution < 1.29 is 19.0 Å². The third-order valence-electron chi connectivity index (χ3n) is 4.01. The lowest BCUT2D eigenvalue weighted by Gasteiger charge is -2.37. The van der Waals surface area contributed by atoms with Crippen LogP contribution in [-0.2, 0) is 4.74 Å². The van der Waals surface area contributed by atoms with Gasteiger partial charge in [-0.25, -0.2) is 9.18 Å². The van der Waals surface area contributed by atoms with Gasteiger partial charge in [0.1, 0.15) is 11.4 Å². The molecule has 0 radical (unpaired) electrons. The fraction of sp³-hybridized carbons (Fsp3) is 0.611. The molecule has 0 aromatic heterocycles. The zero-order chi connectivity index (χ0) is 17.0. The van der Waals surface area contributed by atoms with E-state index >= 15 is 0 Å². The van der Waals surface area contributed by atoms with Gasteiger partial charge >= 0.3 is 6.09 Å². The third kappa shape index (κ3) is 5.20. The van der Waals surface area contributed by atoms with Crippen molar-refractivity contribution in [3.05, 3.63) is 35.6 Å². The van der Waals surface area contributed by atoms with Crippen LogP contribution in [0.2, 0.25) is 0 Å². The molecule has 1 aromatic rings. The zero-order valence-electron chi connectivity index (χ0n) is 14.1. The zero-order valence-corrected chi connectivity index (χ0v) is 14.1. The molecule has 128 valence electrons. The van der Waals surface area contributed by atoms with Crippen LogP contribution in [0, 0.1) is 5.82 Å². The Balaban J connectivity index is 2.03. The fourth-order valence-corrected chi connectivity index (χ4v) is 2.89. The molecule has 1 aliphatic rings. The number of likely N-dealkylation sites (tertiary alicyclic amines) is 1. The molecule has 1 saturated heterocycles. The van der Waals surface area contributed by atoms with Crippen LogP contribution in [0.4, 0.5) is 9.18 Å². The summed E-state index contributed by atoms with van der Waals surface area (Å²) >= 11 is 0. The lowest BCUT2D eigenvalue weighted by molar-refractivity contribution is 0.00237. The van der Waals surface area contributed by atoms with E-state index in [9.17, 15) is 14.3 Å². The first kappa shape index (κ1) is 17.7. The van der Waals surface area contributed by atoms with Gasteiger partial charge in [0, 0.05) is 12.6 Å². The first-order valence-corrected chi connectivity index (χ1v) is 8.19. The number of piperidine rings is 1. The number of nitrogens with zero attached hydrogens (tertiary/aromatic N) is 1. The molecule has 1 heterocycles. The fourth-order valence-electron chi connectivity index (χ4n) is 2.89. The quantitative estimate of drug-likeness (QED) is 0.913. The highest BCUT2D eigenvalue weighted by atomic mass is 19.1. The predicted octanol–water partition coefficient (Wildman–Crippen LogP) is 4.04. The minimum atomic E-state index is -0.719. The highest BCUT2D eigenvalue weighted by molar-refractivity contribution is 5.68. The van der Waals surface area contributed by atoms with E-state index < -0.39 is 11.7 Å². The normalized spacial score (nSPS) is 20.2. The highest BCUT2D eigenvalue weighted by Gasteiger charge is 2.31. The van der Waals surface area contributed by atoms with E-state index in [0.717, 1.165) is 19.3 Å². The van der Waals surface area contributed by atoms with Gasteiger partial charge in [0.2, 0.25) is 0 Å². The van der Waals surface area contributed by atoms with E-state index in [1.54, 1.807) is 17.0 Å². The molecule has 2 atom stereocenters. The van der Waals surface area contributed by atoms with Crippen molar-refractivity contribution in [2.45, 2.75) is 64.2 Å². The maximum absolute atomic E-state index is 13.0. The number of carbonyl (C=O) groups is 1. The summed E-state index contributed by atoms with van der Waals surface area (Å²) in [6.07, 6.45) is 2.21. The molecule has 4 nitrogen and oxygen atoms in total. The lowest BCUT2D eigenvalue weighted by atomic mass is 9.94. The van der Waals surface area contributed by atoms with E-state index in [0.29, 0.717) is 18.5 Å². The smallest absolute Gasteiger partial charge is 0.410 e. The molecule has 0 aliphatic carbocycles. The van der Waals surface area contributed by atoms with Crippen molar-refractivity contribution in [3.8, 4) is 0 Å². The Labute approximate surface area is 137 Å². The van der Waals surface area contributed by atoms with Crippen molar-refractivity contribution in [3.63, 3.8) is 0 Å². The van der Waals surface area contributed by atoms with Crippen LogP contribution in [0.1, 0.15) is 58.1 Å². The number of benzene rings is 1. The largest absolute Gasteiger partial charge is 0.444 e. The van der Waals surface area contributed by atoms with Gasteiger partial charge in [-0.05, 0) is 64.2 Å². The van der Waals surface area contributed by atoms with Gasteiger partial charge in [0.15, 0.2) is 0 Å². The average Bonchev–Trinajstić information content (AvgIpc) is 2.46. The maximum atomic E-state index is 13.0. The SMILES string of the molecule is CC(C)(C)OC(=O)N1CCCC[C@@H]1C[C@H](O)c1ccc(F)cc1. The summed E-state index contributed by atoms with van der Waals surface area (Å²) < 4.78 is 18.4. The monoisotopic (exact) mass is 323 g/mol. The second-order valence-electron chi connectivity index (χ2n) is 7.13. The number of aliphatic hydroxyl groups is 1. The predicted molar refractivity (Wildman–Crippen MR) is 86.6 cm³/mol. The number of rotatable bonds is 3. The molecule has 1 N–H and O–H groups in total. The van der Waals surface area contributed by atoms with Crippen molar-refractivity contribution in [2.24, 2.45) is 0 Å². The van der Waals surface area contributed by atoms with Crippen LogP contribution >= 0.6 is 0 Å². The minimum absolute atomic E-state index is 0.0568. The summed E-state index contributed by atoms with van der Waals surface area (Å²) in [7, 11) is 0. The molecule has 0 spiro atoms. The molecule has 2 rings (SSSR count). The molecule has 1 aliphatic heterocycles. The summed E-state index contributed by atoms with van der Waals surface area (Å²) in [5, 5.41) is 10.4. The minimum Gasteiger partial charge on any atom is -0.444 e. The lowest BCUT2D eigenvalue weighted by Crippen LogP contribution is -2.46. The van der Waals surface area contributed by atoms with E-state index in [1.165, 1.54) is 12.1 Å². The Kier molecular flexibility index (Phi) is 5.63. The van der Waals surface area contributed by atoms with Gasteiger partial charge in [-0.15, -0.1) is 0 Å². The van der Waals surface area contributed by atoms with Crippen molar-refractivity contribution >= 4 is 6.09 Å². The van der Waals surface area contributed by atoms with Gasteiger partial charge in [0.05, 0.1) is 6.10 Å². The Morgan fingerprint density at radius 2 is 2.00 bits per heavy atom. The number of hydrogen-bond donors (Lipinski definition) is 1. The topological polar surface area (TPSA) is 49.8 Å². The number of halogens is 1. The van der Waals surface area contributed by atoms with E-state index in [2.05, 4.69) is 0 Å². The summed E-state index contributed by atoms with van der Waals surface area (Å²) in [6, 6.07) is 5.79. The van der Waals surface area contributed by atoms with Gasteiger partial charge < -0.3 is 14.7 Å². The van der Waals surface area contributed by atoms with Crippen LogP contribution in [0.25, 0.3) is 0 Å². The number of amides is 1. The third-order valence-corrected chi connectivity index (χ3v) is 4.01. The Morgan fingerprint density at radius 1 is 1.35 bits per heavy atom. The maximum Gasteiger partial charge on any atom is 0.410 e. The number of ether oxygens (including phenoxy) is 1. The summed E-state index contributed by atoms with van der Waals surface area (Å²) in [6.45, 7) is 6.18. The van der Waals surface area contributed by atoms with E-state index in [-0.39, 0.29) is 18.0 Å². The van der Waals surface area contributed by atoms with Crippen LogP contribution in [0.15, 0.2) is 24.3 Å². The molecule has 5 heteroatoms. The van der Waals surface area contributed by atoms with E-state index in [1.807, 2.05) is 20.8 Å². The van der Waals surface area contributed by atoms with E-state index in [4.69, 9.17) is 4.74 Å². The Morgan fingerprint density at radius 3 is 2.61 bits per heavy atom. The van der Waals surface area contributed by atoms with Crippen LogP contribution in [0.3, 0.4) is 0 Å². The summed E-state index contributed by atoms with van der Waals surface area (Å²) in [4.78, 5) is 14.1. The second kappa shape index (κ2) is 7.30. The molecular formula is C18H26FNO3. The van der Waals surface area contributed by atoms with Crippen LogP contribution in [0.5, 0.6) is 0 Å². The second-order valence-corrected chi connectivity index (χ2v) is 7.13. The van der Waals surface area contributed by atoms with Gasteiger partial charge in [0.25, 0.3) is 0 Å². The van der Waals surface area contributed by atoms with Crippen LogP contribution in [-0.4, -0.2) is 34.3 Å². The highest BCUT2D eigenvalue weighted by Crippen LogP contribution is 2.28. The average molecular weight is 323 g/mol. The van der Waals surface area contributed by atoms with Gasteiger partial charge in [-0.1, -0.05) is 12.1 Å². The number of hydrogen-bond acceptors (Lipinski definition) is 3. The van der Waals surface area contributed by atoms with Crippen molar-refractivity contribution in [1.82, 2.24) is 4.90 Å². The van der Waals surface area contributed by atoms with Crippen molar-refractivity contribution in [2.75, 3.05) is 6.54 Å². The van der Waals surface area contributed by atoms with Gasteiger partial charge in [-0.3, -0.25) is 0 Å². The first-order valence-electron chi connectivity index (χ1n) is 8.19. The van der Waals surface area contributed by atoms with Crippen LogP contribution < -0.4 is 0 Å². The Bertz CT molecular complexity index is 524.